The Kier molecular flexibility index (Phi) is 5.66. The van der Waals surface area contributed by atoms with Gasteiger partial charge in [0.1, 0.15) is 5.75 Å². The van der Waals surface area contributed by atoms with Crippen LogP contribution in [0, 0.1) is 5.92 Å². The molecular formula is C20H24N2O3. The summed E-state index contributed by atoms with van der Waals surface area (Å²) in [6.07, 6.45) is 3.92. The van der Waals surface area contributed by atoms with Gasteiger partial charge >= 0.3 is 0 Å². The standard InChI is InChI=1S/C20H24N2O3/c1-25-19-8-3-2-6-14(19)12-20(24)22-18(15-10-17(23)11-15)13-16-7-4-5-9-21-16/h2-9,15,17-18,23H,10-13H2,1H3,(H,22,24). The molecule has 0 spiro atoms. The molecule has 1 saturated carbocycles. The molecule has 1 atom stereocenters. The van der Waals surface area contributed by atoms with Crippen LogP contribution in [0.2, 0.25) is 0 Å². The fraction of sp³-hybridized carbons (Fsp3) is 0.400. The van der Waals surface area contributed by atoms with Crippen LogP contribution in [0.5, 0.6) is 5.75 Å². The minimum Gasteiger partial charge on any atom is -0.496 e. The van der Waals surface area contributed by atoms with Gasteiger partial charge in [-0.05, 0) is 37.0 Å². The van der Waals surface area contributed by atoms with E-state index in [4.69, 9.17) is 4.74 Å². The molecule has 0 radical (unpaired) electrons. The van der Waals surface area contributed by atoms with Gasteiger partial charge in [-0.25, -0.2) is 0 Å². The van der Waals surface area contributed by atoms with Gasteiger partial charge in [-0.15, -0.1) is 0 Å². The van der Waals surface area contributed by atoms with E-state index in [1.807, 2.05) is 42.5 Å². The molecule has 1 aromatic heterocycles. The monoisotopic (exact) mass is 340 g/mol. The van der Waals surface area contributed by atoms with Crippen LogP contribution in [0.15, 0.2) is 48.7 Å². The zero-order chi connectivity index (χ0) is 17.6. The summed E-state index contributed by atoms with van der Waals surface area (Å²) in [6, 6.07) is 13.3. The fourth-order valence-corrected chi connectivity index (χ4v) is 3.32. The molecule has 0 bridgehead atoms. The molecule has 2 aromatic rings. The number of nitrogens with zero attached hydrogens (tertiary/aromatic N) is 1. The predicted molar refractivity (Wildman–Crippen MR) is 95.3 cm³/mol. The molecule has 132 valence electrons. The smallest absolute Gasteiger partial charge is 0.224 e. The van der Waals surface area contributed by atoms with E-state index in [-0.39, 0.29) is 24.5 Å². The van der Waals surface area contributed by atoms with Crippen molar-refractivity contribution in [3.8, 4) is 5.75 Å². The summed E-state index contributed by atoms with van der Waals surface area (Å²) in [4.78, 5) is 16.9. The molecular weight excluding hydrogens is 316 g/mol. The first kappa shape index (κ1) is 17.4. The van der Waals surface area contributed by atoms with Gasteiger partial charge in [-0.1, -0.05) is 24.3 Å². The summed E-state index contributed by atoms with van der Waals surface area (Å²) < 4.78 is 5.32. The van der Waals surface area contributed by atoms with E-state index >= 15 is 0 Å². The first-order valence-corrected chi connectivity index (χ1v) is 8.65. The number of carbonyl (C=O) groups is 1. The van der Waals surface area contributed by atoms with Crippen LogP contribution in [0.4, 0.5) is 0 Å². The fourth-order valence-electron chi connectivity index (χ4n) is 3.32. The summed E-state index contributed by atoms with van der Waals surface area (Å²) in [5, 5.41) is 12.8. The molecule has 0 aliphatic heterocycles. The number of ether oxygens (including phenoxy) is 1. The average Bonchev–Trinajstić information content (AvgIpc) is 2.60. The van der Waals surface area contributed by atoms with Gasteiger partial charge in [-0.3, -0.25) is 9.78 Å². The average molecular weight is 340 g/mol. The molecule has 1 amide bonds. The Morgan fingerprint density at radius 1 is 1.28 bits per heavy atom. The molecule has 1 aliphatic carbocycles. The number of rotatable bonds is 7. The summed E-state index contributed by atoms with van der Waals surface area (Å²) in [5.74, 6) is 0.975. The number of carbonyl (C=O) groups excluding carboxylic acids is 1. The van der Waals surface area contributed by atoms with Crippen molar-refractivity contribution in [3.63, 3.8) is 0 Å². The van der Waals surface area contributed by atoms with Crippen molar-refractivity contribution in [2.45, 2.75) is 37.8 Å². The molecule has 2 N–H and O–H groups in total. The third-order valence-corrected chi connectivity index (χ3v) is 4.76. The van der Waals surface area contributed by atoms with Crippen LogP contribution in [0.1, 0.15) is 24.1 Å². The van der Waals surface area contributed by atoms with Crippen molar-refractivity contribution < 1.29 is 14.6 Å². The highest BCUT2D eigenvalue weighted by Gasteiger charge is 2.35. The minimum atomic E-state index is -0.248. The molecule has 0 saturated heterocycles. The van der Waals surface area contributed by atoms with Crippen LogP contribution in [-0.2, 0) is 17.6 Å². The van der Waals surface area contributed by atoms with Gasteiger partial charge < -0.3 is 15.2 Å². The Balaban J connectivity index is 1.66. The van der Waals surface area contributed by atoms with Crippen LogP contribution in [0.3, 0.4) is 0 Å². The Hall–Kier alpha value is -2.40. The summed E-state index contributed by atoms with van der Waals surface area (Å²) in [7, 11) is 1.61. The second-order valence-electron chi connectivity index (χ2n) is 6.57. The van der Waals surface area contributed by atoms with E-state index in [2.05, 4.69) is 10.3 Å². The molecule has 1 aliphatic rings. The minimum absolute atomic E-state index is 0.0134. The van der Waals surface area contributed by atoms with Gasteiger partial charge in [0.25, 0.3) is 0 Å². The number of pyridine rings is 1. The van der Waals surface area contributed by atoms with E-state index in [9.17, 15) is 9.90 Å². The van der Waals surface area contributed by atoms with E-state index in [1.54, 1.807) is 13.3 Å². The van der Waals surface area contributed by atoms with Crippen molar-refractivity contribution in [3.05, 3.63) is 59.9 Å². The normalized spacial score (nSPS) is 20.4. The number of aromatic nitrogens is 1. The largest absolute Gasteiger partial charge is 0.496 e. The maximum atomic E-state index is 12.6. The van der Waals surface area contributed by atoms with Gasteiger partial charge in [-0.2, -0.15) is 0 Å². The summed E-state index contributed by atoms with van der Waals surface area (Å²) >= 11 is 0. The number of benzene rings is 1. The third-order valence-electron chi connectivity index (χ3n) is 4.76. The highest BCUT2D eigenvalue weighted by atomic mass is 16.5. The third kappa shape index (κ3) is 4.57. The maximum absolute atomic E-state index is 12.6. The molecule has 1 heterocycles. The lowest BCUT2D eigenvalue weighted by atomic mass is 9.76. The zero-order valence-electron chi connectivity index (χ0n) is 14.4. The number of hydrogen-bond donors (Lipinski definition) is 2. The Labute approximate surface area is 148 Å². The SMILES string of the molecule is COc1ccccc1CC(=O)NC(Cc1ccccn1)C1CC(O)C1. The van der Waals surface area contributed by atoms with Crippen LogP contribution in [0.25, 0.3) is 0 Å². The number of methoxy groups -OCH3 is 1. The lowest BCUT2D eigenvalue weighted by molar-refractivity contribution is -0.122. The molecule has 1 unspecified atom stereocenters. The number of aliphatic hydroxyl groups is 1. The first-order chi connectivity index (χ1) is 12.2. The van der Waals surface area contributed by atoms with Crippen LogP contribution < -0.4 is 10.1 Å². The second-order valence-corrected chi connectivity index (χ2v) is 6.57. The number of para-hydroxylation sites is 1. The predicted octanol–water partition coefficient (Wildman–Crippen LogP) is 2.13. The molecule has 1 aromatic carbocycles. The van der Waals surface area contributed by atoms with E-state index < -0.39 is 0 Å². The lowest BCUT2D eigenvalue weighted by Crippen LogP contribution is -2.48. The van der Waals surface area contributed by atoms with Gasteiger partial charge in [0.15, 0.2) is 0 Å². The quantitative estimate of drug-likeness (QED) is 0.810. The number of hydrogen-bond acceptors (Lipinski definition) is 4. The van der Waals surface area contributed by atoms with Crippen molar-refractivity contribution in [1.82, 2.24) is 10.3 Å². The number of nitrogens with one attached hydrogen (secondary N) is 1. The Bertz CT molecular complexity index is 699. The molecule has 5 heteroatoms. The maximum Gasteiger partial charge on any atom is 0.224 e. The first-order valence-electron chi connectivity index (χ1n) is 8.65. The van der Waals surface area contributed by atoms with Crippen LogP contribution in [-0.4, -0.2) is 35.3 Å². The second kappa shape index (κ2) is 8.12. The van der Waals surface area contributed by atoms with Crippen molar-refractivity contribution in [2.75, 3.05) is 7.11 Å². The van der Waals surface area contributed by atoms with Crippen LogP contribution >= 0.6 is 0 Å². The highest BCUT2D eigenvalue weighted by molar-refractivity contribution is 5.79. The van der Waals surface area contributed by atoms with Crippen molar-refractivity contribution in [1.29, 1.82) is 0 Å². The number of aliphatic hydroxyl groups excluding tert-OH is 1. The van der Waals surface area contributed by atoms with Gasteiger partial charge in [0, 0.05) is 29.9 Å². The summed E-state index contributed by atoms with van der Waals surface area (Å²) in [6.45, 7) is 0. The summed E-state index contributed by atoms with van der Waals surface area (Å²) in [5.41, 5.74) is 1.82. The van der Waals surface area contributed by atoms with Crippen molar-refractivity contribution >= 4 is 5.91 Å². The van der Waals surface area contributed by atoms with E-state index in [0.717, 1.165) is 29.8 Å². The molecule has 25 heavy (non-hydrogen) atoms. The van der Waals surface area contributed by atoms with E-state index in [0.29, 0.717) is 12.3 Å². The Morgan fingerprint density at radius 3 is 2.72 bits per heavy atom. The van der Waals surface area contributed by atoms with Gasteiger partial charge in [0.2, 0.25) is 5.91 Å². The zero-order valence-corrected chi connectivity index (χ0v) is 14.4. The highest BCUT2D eigenvalue weighted by Crippen LogP contribution is 2.31. The molecule has 1 fully saturated rings. The van der Waals surface area contributed by atoms with Gasteiger partial charge in [0.05, 0.1) is 19.6 Å². The molecule has 3 rings (SSSR count). The topological polar surface area (TPSA) is 71.5 Å². The molecule has 5 nitrogen and oxygen atoms in total. The van der Waals surface area contributed by atoms with Crippen molar-refractivity contribution in [2.24, 2.45) is 5.92 Å². The number of amides is 1. The lowest BCUT2D eigenvalue weighted by Gasteiger charge is -2.38. The Morgan fingerprint density at radius 2 is 2.04 bits per heavy atom. The van der Waals surface area contributed by atoms with E-state index in [1.165, 1.54) is 0 Å².